The molecule has 0 unspecified atom stereocenters. The molecule has 5 nitrogen and oxygen atoms in total. The molecule has 0 saturated carbocycles. The Labute approximate surface area is 135 Å². The van der Waals surface area contributed by atoms with Gasteiger partial charge in [-0.25, -0.2) is 9.67 Å². The lowest BCUT2D eigenvalue weighted by molar-refractivity contribution is 0.326. The number of rotatable bonds is 4. The highest BCUT2D eigenvalue weighted by atomic mass is 16.3. The molecule has 3 heterocycles. The number of hydrogen-bond acceptors (Lipinski definition) is 4. The van der Waals surface area contributed by atoms with Crippen LogP contribution in [0.1, 0.15) is 56.2 Å². The second-order valence-electron chi connectivity index (χ2n) is 6.23. The molecule has 4 rings (SSSR count). The topological polar surface area (TPSA) is 55.9 Å². The van der Waals surface area contributed by atoms with Crippen molar-refractivity contribution in [3.05, 3.63) is 47.7 Å². The van der Waals surface area contributed by atoms with E-state index < -0.39 is 0 Å². The lowest BCUT2D eigenvalue weighted by atomic mass is 10.1. The van der Waals surface area contributed by atoms with Crippen molar-refractivity contribution in [1.82, 2.24) is 20.1 Å². The van der Waals surface area contributed by atoms with E-state index in [1.165, 1.54) is 0 Å². The molecular formula is C18H22N4O. The van der Waals surface area contributed by atoms with E-state index in [4.69, 9.17) is 9.40 Å². The molecule has 0 bridgehead atoms. The van der Waals surface area contributed by atoms with Gasteiger partial charge in [-0.15, -0.1) is 0 Å². The molecule has 5 heteroatoms. The highest BCUT2D eigenvalue weighted by Crippen LogP contribution is 2.29. The Hall–Kier alpha value is -2.14. The standard InChI is InChI=1S/C18H22N4O/c1-3-17-20-18-14(8-6-10-22(18)21-17)19-12(2)16-11-13-7-4-5-9-15(13)23-16/h4-5,7,9,11-12,14,19H,3,6,8,10H2,1-2H3/t12-,14+/m0/s1. The predicted octanol–water partition coefficient (Wildman–Crippen LogP) is 3.77. The number of furan rings is 1. The van der Waals surface area contributed by atoms with E-state index in [0.29, 0.717) is 0 Å². The van der Waals surface area contributed by atoms with E-state index in [0.717, 1.165) is 54.2 Å². The average molecular weight is 310 g/mol. The number of hydrogen-bond donors (Lipinski definition) is 1. The van der Waals surface area contributed by atoms with Crippen molar-refractivity contribution in [2.45, 2.75) is 51.7 Å². The fourth-order valence-electron chi connectivity index (χ4n) is 3.31. The summed E-state index contributed by atoms with van der Waals surface area (Å²) in [6.07, 6.45) is 3.10. The molecule has 0 saturated heterocycles. The molecule has 3 aromatic rings. The van der Waals surface area contributed by atoms with E-state index in [9.17, 15) is 0 Å². The summed E-state index contributed by atoms with van der Waals surface area (Å²) in [6.45, 7) is 5.22. The van der Waals surface area contributed by atoms with Crippen molar-refractivity contribution in [3.63, 3.8) is 0 Å². The summed E-state index contributed by atoms with van der Waals surface area (Å²) in [5.41, 5.74) is 0.941. The zero-order valence-electron chi connectivity index (χ0n) is 13.6. The lowest BCUT2D eigenvalue weighted by Crippen LogP contribution is -2.30. The molecule has 23 heavy (non-hydrogen) atoms. The summed E-state index contributed by atoms with van der Waals surface area (Å²) in [5, 5.41) is 9.40. The lowest BCUT2D eigenvalue weighted by Gasteiger charge is -2.25. The van der Waals surface area contributed by atoms with Gasteiger partial charge in [0.25, 0.3) is 0 Å². The Bertz CT molecular complexity index is 786. The first kappa shape index (κ1) is 14.5. The minimum atomic E-state index is 0.140. The molecular weight excluding hydrogens is 288 g/mol. The monoisotopic (exact) mass is 310 g/mol. The van der Waals surface area contributed by atoms with Crippen LogP contribution in [0.4, 0.5) is 0 Å². The number of benzene rings is 1. The van der Waals surface area contributed by atoms with Crippen LogP contribution in [0.2, 0.25) is 0 Å². The van der Waals surface area contributed by atoms with Gasteiger partial charge in [0.2, 0.25) is 0 Å². The van der Waals surface area contributed by atoms with Crippen molar-refractivity contribution < 1.29 is 4.42 Å². The van der Waals surface area contributed by atoms with Crippen LogP contribution in [0.3, 0.4) is 0 Å². The van der Waals surface area contributed by atoms with E-state index in [1.807, 2.05) is 18.2 Å². The van der Waals surface area contributed by atoms with Gasteiger partial charge in [0.1, 0.15) is 17.2 Å². The van der Waals surface area contributed by atoms with E-state index in [2.05, 4.69) is 41.1 Å². The Morgan fingerprint density at radius 3 is 3.09 bits per heavy atom. The van der Waals surface area contributed by atoms with Crippen molar-refractivity contribution in [1.29, 1.82) is 0 Å². The molecule has 1 aliphatic rings. The van der Waals surface area contributed by atoms with Crippen LogP contribution in [-0.4, -0.2) is 14.8 Å². The van der Waals surface area contributed by atoms with Gasteiger partial charge < -0.3 is 4.42 Å². The van der Waals surface area contributed by atoms with Gasteiger partial charge in [-0.05, 0) is 31.9 Å². The van der Waals surface area contributed by atoms with Crippen LogP contribution < -0.4 is 5.32 Å². The van der Waals surface area contributed by atoms with Crippen molar-refractivity contribution in [2.75, 3.05) is 0 Å². The van der Waals surface area contributed by atoms with Gasteiger partial charge in [0.05, 0.1) is 12.1 Å². The highest BCUT2D eigenvalue weighted by molar-refractivity contribution is 5.77. The number of nitrogens with one attached hydrogen (secondary N) is 1. The second-order valence-corrected chi connectivity index (χ2v) is 6.23. The first-order valence-electron chi connectivity index (χ1n) is 8.42. The first-order valence-corrected chi connectivity index (χ1v) is 8.42. The van der Waals surface area contributed by atoms with Crippen LogP contribution in [0.5, 0.6) is 0 Å². The van der Waals surface area contributed by atoms with E-state index >= 15 is 0 Å². The Morgan fingerprint density at radius 2 is 2.26 bits per heavy atom. The van der Waals surface area contributed by atoms with Gasteiger partial charge >= 0.3 is 0 Å². The fraction of sp³-hybridized carbons (Fsp3) is 0.444. The van der Waals surface area contributed by atoms with Crippen LogP contribution in [0, 0.1) is 0 Å². The van der Waals surface area contributed by atoms with Crippen LogP contribution in [-0.2, 0) is 13.0 Å². The molecule has 1 N–H and O–H groups in total. The first-order chi connectivity index (χ1) is 11.2. The zero-order valence-corrected chi connectivity index (χ0v) is 13.6. The smallest absolute Gasteiger partial charge is 0.150 e. The maximum absolute atomic E-state index is 5.98. The number of fused-ring (bicyclic) bond motifs is 2. The largest absolute Gasteiger partial charge is 0.459 e. The molecule has 0 aliphatic carbocycles. The molecule has 1 aromatic carbocycles. The Morgan fingerprint density at radius 1 is 1.39 bits per heavy atom. The van der Waals surface area contributed by atoms with Gasteiger partial charge in [0, 0.05) is 18.4 Å². The Balaban J connectivity index is 1.57. The third kappa shape index (κ3) is 2.65. The summed E-state index contributed by atoms with van der Waals surface area (Å²) >= 11 is 0. The summed E-state index contributed by atoms with van der Waals surface area (Å²) < 4.78 is 8.04. The predicted molar refractivity (Wildman–Crippen MR) is 89.1 cm³/mol. The highest BCUT2D eigenvalue weighted by Gasteiger charge is 2.26. The molecule has 0 spiro atoms. The zero-order chi connectivity index (χ0) is 15.8. The van der Waals surface area contributed by atoms with E-state index in [1.54, 1.807) is 0 Å². The molecule has 2 atom stereocenters. The summed E-state index contributed by atoms with van der Waals surface area (Å²) in [4.78, 5) is 4.70. The molecule has 2 aromatic heterocycles. The fourth-order valence-corrected chi connectivity index (χ4v) is 3.31. The van der Waals surface area contributed by atoms with E-state index in [-0.39, 0.29) is 12.1 Å². The van der Waals surface area contributed by atoms with Crippen LogP contribution in [0.15, 0.2) is 34.7 Å². The SMILES string of the molecule is CCc1nc2n(n1)CCC[C@H]2N[C@@H](C)c1cc2ccccc2o1. The van der Waals surface area contributed by atoms with Crippen molar-refractivity contribution in [3.8, 4) is 0 Å². The maximum Gasteiger partial charge on any atom is 0.150 e. The number of para-hydroxylation sites is 1. The second kappa shape index (κ2) is 5.81. The molecule has 0 fully saturated rings. The van der Waals surface area contributed by atoms with Gasteiger partial charge in [-0.1, -0.05) is 25.1 Å². The Kier molecular flexibility index (Phi) is 3.65. The maximum atomic E-state index is 5.98. The van der Waals surface area contributed by atoms with Crippen molar-refractivity contribution in [2.24, 2.45) is 0 Å². The third-order valence-corrected chi connectivity index (χ3v) is 4.56. The average Bonchev–Trinajstić information content (AvgIpc) is 3.19. The summed E-state index contributed by atoms with van der Waals surface area (Å²) in [7, 11) is 0. The van der Waals surface area contributed by atoms with Gasteiger partial charge in [-0.2, -0.15) is 5.10 Å². The third-order valence-electron chi connectivity index (χ3n) is 4.56. The number of aromatic nitrogens is 3. The summed E-state index contributed by atoms with van der Waals surface area (Å²) in [5.74, 6) is 2.97. The molecule has 1 aliphatic heterocycles. The van der Waals surface area contributed by atoms with Gasteiger partial charge in [-0.3, -0.25) is 5.32 Å². The quantitative estimate of drug-likeness (QED) is 0.797. The van der Waals surface area contributed by atoms with Gasteiger partial charge in [0.15, 0.2) is 5.82 Å². The minimum absolute atomic E-state index is 0.140. The number of aryl methyl sites for hydroxylation is 2. The van der Waals surface area contributed by atoms with Crippen LogP contribution >= 0.6 is 0 Å². The summed E-state index contributed by atoms with van der Waals surface area (Å²) in [6, 6.07) is 10.6. The molecule has 120 valence electrons. The number of nitrogens with zero attached hydrogens (tertiary/aromatic N) is 3. The molecule has 0 amide bonds. The van der Waals surface area contributed by atoms with Crippen molar-refractivity contribution >= 4 is 11.0 Å². The molecule has 0 radical (unpaired) electrons. The normalized spacial score (nSPS) is 19.0. The minimum Gasteiger partial charge on any atom is -0.459 e. The van der Waals surface area contributed by atoms with Crippen LogP contribution in [0.25, 0.3) is 11.0 Å².